The van der Waals surface area contributed by atoms with Gasteiger partial charge in [0.15, 0.2) is 0 Å². The molecular formula is C37H72O2. The molecule has 0 spiro atoms. The molecule has 2 heteroatoms. The predicted octanol–water partition coefficient (Wildman–Crippen LogP) is 12.5. The van der Waals surface area contributed by atoms with Crippen molar-refractivity contribution in [2.45, 2.75) is 218 Å². The fourth-order valence-corrected chi connectivity index (χ4v) is 7.08. The van der Waals surface area contributed by atoms with Crippen LogP contribution in [-0.2, 0) is 9.47 Å². The van der Waals surface area contributed by atoms with Gasteiger partial charge in [-0.1, -0.05) is 155 Å². The van der Waals surface area contributed by atoms with Crippen molar-refractivity contribution in [1.29, 1.82) is 0 Å². The smallest absolute Gasteiger partial charge is 0.0575 e. The molecule has 0 aromatic rings. The summed E-state index contributed by atoms with van der Waals surface area (Å²) in [6, 6.07) is 0. The molecule has 2 atom stereocenters. The summed E-state index contributed by atoms with van der Waals surface area (Å²) in [5.41, 5.74) is 0. The van der Waals surface area contributed by atoms with Crippen LogP contribution < -0.4 is 0 Å². The molecular weight excluding hydrogens is 476 g/mol. The molecule has 2 unspecified atom stereocenters. The second-order valence-corrected chi connectivity index (χ2v) is 13.5. The van der Waals surface area contributed by atoms with E-state index in [4.69, 9.17) is 9.47 Å². The van der Waals surface area contributed by atoms with Gasteiger partial charge in [-0.2, -0.15) is 0 Å². The van der Waals surface area contributed by atoms with Crippen molar-refractivity contribution in [2.75, 3.05) is 13.2 Å². The molecule has 0 N–H and O–H groups in total. The largest absolute Gasteiger partial charge is 0.378 e. The molecule has 0 aromatic carbocycles. The Hall–Kier alpha value is -0.0800. The van der Waals surface area contributed by atoms with Crippen LogP contribution in [0.4, 0.5) is 0 Å². The summed E-state index contributed by atoms with van der Waals surface area (Å²) in [7, 11) is 0. The van der Waals surface area contributed by atoms with Crippen molar-refractivity contribution < 1.29 is 9.47 Å². The Morgan fingerprint density at radius 2 is 0.821 bits per heavy atom. The van der Waals surface area contributed by atoms with Crippen molar-refractivity contribution in [2.24, 2.45) is 5.92 Å². The minimum atomic E-state index is 0.544. The summed E-state index contributed by atoms with van der Waals surface area (Å²) in [6.45, 7) is 4.31. The first-order valence-corrected chi connectivity index (χ1v) is 18.6. The highest BCUT2D eigenvalue weighted by Crippen LogP contribution is 2.29. The van der Waals surface area contributed by atoms with Crippen molar-refractivity contribution in [1.82, 2.24) is 0 Å². The first-order valence-electron chi connectivity index (χ1n) is 18.6. The highest BCUT2D eigenvalue weighted by Gasteiger charge is 2.19. The zero-order chi connectivity index (χ0) is 27.5. The van der Waals surface area contributed by atoms with Crippen LogP contribution >= 0.6 is 0 Å². The molecule has 232 valence electrons. The first kappa shape index (κ1) is 35.1. The zero-order valence-corrected chi connectivity index (χ0v) is 26.9. The first-order chi connectivity index (χ1) is 19.4. The number of unbranched alkanes of at least 4 members (excludes halogenated alkanes) is 17. The van der Waals surface area contributed by atoms with Gasteiger partial charge in [0, 0.05) is 13.2 Å². The zero-order valence-electron chi connectivity index (χ0n) is 26.9. The lowest BCUT2D eigenvalue weighted by Crippen LogP contribution is -2.14. The van der Waals surface area contributed by atoms with Crippen LogP contribution in [0.25, 0.3) is 0 Å². The molecule has 2 rings (SSSR count). The summed E-state index contributed by atoms with van der Waals surface area (Å²) in [5, 5.41) is 0. The lowest BCUT2D eigenvalue weighted by Gasteiger charge is -2.18. The molecule has 0 heterocycles. The van der Waals surface area contributed by atoms with Crippen molar-refractivity contribution in [3.63, 3.8) is 0 Å². The summed E-state index contributed by atoms with van der Waals surface area (Å²) in [4.78, 5) is 0. The Labute approximate surface area is 246 Å². The summed E-state index contributed by atoms with van der Waals surface area (Å²) < 4.78 is 12.6. The Kier molecular flexibility index (Phi) is 24.1. The van der Waals surface area contributed by atoms with E-state index in [0.717, 1.165) is 19.1 Å². The van der Waals surface area contributed by atoms with E-state index in [1.165, 1.54) is 199 Å². The quantitative estimate of drug-likeness (QED) is 0.0834. The van der Waals surface area contributed by atoms with E-state index >= 15 is 0 Å². The molecule has 39 heavy (non-hydrogen) atoms. The average molecular weight is 549 g/mol. The topological polar surface area (TPSA) is 18.5 Å². The van der Waals surface area contributed by atoms with Gasteiger partial charge >= 0.3 is 0 Å². The van der Waals surface area contributed by atoms with Crippen LogP contribution in [0.2, 0.25) is 0 Å². The van der Waals surface area contributed by atoms with Gasteiger partial charge < -0.3 is 9.47 Å². The van der Waals surface area contributed by atoms with Crippen LogP contribution in [0, 0.1) is 5.92 Å². The lowest BCUT2D eigenvalue weighted by atomic mass is 9.95. The number of ether oxygens (including phenoxy) is 2. The predicted molar refractivity (Wildman–Crippen MR) is 172 cm³/mol. The van der Waals surface area contributed by atoms with Gasteiger partial charge in [0.05, 0.1) is 12.2 Å². The second-order valence-electron chi connectivity index (χ2n) is 13.5. The molecule has 0 amide bonds. The number of hydrogen-bond acceptors (Lipinski definition) is 2. The van der Waals surface area contributed by atoms with Gasteiger partial charge in [0.25, 0.3) is 0 Å². The van der Waals surface area contributed by atoms with Crippen LogP contribution in [0.5, 0.6) is 0 Å². The fourth-order valence-electron chi connectivity index (χ4n) is 7.08. The molecule has 0 saturated heterocycles. The second kappa shape index (κ2) is 26.8. The number of rotatable bonds is 25. The van der Waals surface area contributed by atoms with Gasteiger partial charge in [0.1, 0.15) is 0 Å². The number of hydrogen-bond donors (Lipinski definition) is 0. The van der Waals surface area contributed by atoms with Crippen molar-refractivity contribution in [3.8, 4) is 0 Å². The van der Waals surface area contributed by atoms with Gasteiger partial charge in [-0.15, -0.1) is 0 Å². The molecule has 0 aromatic heterocycles. The monoisotopic (exact) mass is 549 g/mol. The summed E-state index contributed by atoms with van der Waals surface area (Å²) in [5.74, 6) is 0.918. The Bertz CT molecular complexity index is 484. The maximum Gasteiger partial charge on any atom is 0.0575 e. The molecule has 0 radical (unpaired) electrons. The summed E-state index contributed by atoms with van der Waals surface area (Å²) >= 11 is 0. The molecule has 2 nitrogen and oxygen atoms in total. The van der Waals surface area contributed by atoms with Crippen LogP contribution in [0.3, 0.4) is 0 Å². The van der Waals surface area contributed by atoms with E-state index < -0.39 is 0 Å². The Morgan fingerprint density at radius 1 is 0.385 bits per heavy atom. The van der Waals surface area contributed by atoms with E-state index in [1.807, 2.05) is 0 Å². The van der Waals surface area contributed by atoms with Gasteiger partial charge in [0.2, 0.25) is 0 Å². The third-order valence-corrected chi connectivity index (χ3v) is 9.80. The molecule has 2 fully saturated rings. The van der Waals surface area contributed by atoms with Crippen molar-refractivity contribution >= 4 is 0 Å². The highest BCUT2D eigenvalue weighted by atomic mass is 16.5. The van der Waals surface area contributed by atoms with Crippen LogP contribution in [-0.4, -0.2) is 25.4 Å². The standard InChI is InChI=1S/C37H72O2/c1-2-3-4-5-6-7-8-9-10-11-12-13-14-15-16-17-20-23-33-38-37-30-24-26-35(31-32-37)27-25-34-39-36-28-21-18-19-22-29-36/h35-37H,2-34H2,1H3. The van der Waals surface area contributed by atoms with E-state index in [0.29, 0.717) is 12.2 Å². The molecule has 2 aliphatic carbocycles. The highest BCUT2D eigenvalue weighted by molar-refractivity contribution is 4.71. The minimum Gasteiger partial charge on any atom is -0.378 e. The lowest BCUT2D eigenvalue weighted by molar-refractivity contribution is 0.0365. The fraction of sp³-hybridized carbons (Fsp3) is 1.00. The maximum atomic E-state index is 6.33. The summed E-state index contributed by atoms with van der Waals surface area (Å²) in [6.07, 6.45) is 44.7. The van der Waals surface area contributed by atoms with E-state index in [-0.39, 0.29) is 0 Å². The van der Waals surface area contributed by atoms with E-state index in [1.54, 1.807) is 0 Å². The van der Waals surface area contributed by atoms with E-state index in [9.17, 15) is 0 Å². The van der Waals surface area contributed by atoms with Crippen LogP contribution in [0.15, 0.2) is 0 Å². The third-order valence-electron chi connectivity index (χ3n) is 9.80. The van der Waals surface area contributed by atoms with Gasteiger partial charge in [-0.25, -0.2) is 0 Å². The molecule has 2 aliphatic rings. The van der Waals surface area contributed by atoms with Gasteiger partial charge in [-0.05, 0) is 57.3 Å². The van der Waals surface area contributed by atoms with Gasteiger partial charge in [-0.3, -0.25) is 0 Å². The molecule has 2 saturated carbocycles. The van der Waals surface area contributed by atoms with Crippen LogP contribution in [0.1, 0.15) is 206 Å². The molecule has 0 bridgehead atoms. The van der Waals surface area contributed by atoms with Crippen molar-refractivity contribution in [3.05, 3.63) is 0 Å². The normalized spacial score (nSPS) is 21.2. The third kappa shape index (κ3) is 21.3. The SMILES string of the molecule is CCCCCCCCCCCCCCCCCCCCOC1CCCC(CCCOC2CCCCCC2)CC1. The molecule has 0 aliphatic heterocycles. The minimum absolute atomic E-state index is 0.544. The van der Waals surface area contributed by atoms with E-state index in [2.05, 4.69) is 6.92 Å². The average Bonchev–Trinajstić information content (AvgIpc) is 3.35. The maximum absolute atomic E-state index is 6.33. The Morgan fingerprint density at radius 3 is 1.36 bits per heavy atom. The Balaban J connectivity index is 1.28.